The topological polar surface area (TPSA) is 116 Å². The predicted octanol–water partition coefficient (Wildman–Crippen LogP) is 2.95. The molecule has 128 valence electrons. The number of nitrogens with zero attached hydrogens (tertiary/aromatic N) is 2. The van der Waals surface area contributed by atoms with Crippen molar-refractivity contribution in [3.8, 4) is 12.1 Å². The van der Waals surface area contributed by atoms with Crippen LogP contribution < -0.4 is 5.73 Å². The zero-order valence-corrected chi connectivity index (χ0v) is 14.8. The van der Waals surface area contributed by atoms with E-state index >= 15 is 0 Å². The lowest BCUT2D eigenvalue weighted by molar-refractivity contribution is -0.119. The van der Waals surface area contributed by atoms with E-state index in [0.717, 1.165) is 16.8 Å². The fourth-order valence-corrected chi connectivity index (χ4v) is 3.88. The number of aromatic nitrogens is 1. The minimum atomic E-state index is -0.587. The molecule has 3 rings (SSSR count). The van der Waals surface area contributed by atoms with Crippen LogP contribution in [-0.4, -0.2) is 10.8 Å². The Hall–Kier alpha value is -2.99. The van der Waals surface area contributed by atoms with Gasteiger partial charge in [0.2, 0.25) is 5.88 Å². The summed E-state index contributed by atoms with van der Waals surface area (Å²) in [6.45, 7) is 7.66. The van der Waals surface area contributed by atoms with Crippen LogP contribution in [0.2, 0.25) is 0 Å². The van der Waals surface area contributed by atoms with Gasteiger partial charge in [0.25, 0.3) is 0 Å². The lowest BCUT2D eigenvalue weighted by Gasteiger charge is -2.37. The lowest BCUT2D eigenvalue weighted by atomic mass is 9.70. The maximum Gasteiger partial charge on any atom is 0.205 e. The normalized spacial score (nSPS) is 22.2. The van der Waals surface area contributed by atoms with Crippen LogP contribution in [0, 0.1) is 41.9 Å². The van der Waals surface area contributed by atoms with E-state index in [-0.39, 0.29) is 22.7 Å². The number of aromatic amines is 1. The second-order valence-corrected chi connectivity index (χ2v) is 7.48. The van der Waals surface area contributed by atoms with E-state index in [1.165, 1.54) is 0 Å². The minimum Gasteiger partial charge on any atom is -0.444 e. The van der Waals surface area contributed by atoms with Crippen molar-refractivity contribution < 1.29 is 9.53 Å². The average Bonchev–Trinajstić information content (AvgIpc) is 2.78. The summed E-state index contributed by atoms with van der Waals surface area (Å²) in [5.74, 6) is -0.0396. The maximum atomic E-state index is 12.9. The first-order valence-electron chi connectivity index (χ1n) is 8.13. The van der Waals surface area contributed by atoms with Gasteiger partial charge in [-0.05, 0) is 30.4 Å². The van der Waals surface area contributed by atoms with Crippen LogP contribution in [0.15, 0.2) is 22.8 Å². The Balaban J connectivity index is 2.28. The number of rotatable bonds is 1. The minimum absolute atomic E-state index is 0.0324. The first-order valence-corrected chi connectivity index (χ1v) is 8.13. The monoisotopic (exact) mass is 336 g/mol. The van der Waals surface area contributed by atoms with Crippen molar-refractivity contribution in [1.29, 1.82) is 10.5 Å². The Morgan fingerprint density at radius 1 is 1.24 bits per heavy atom. The summed E-state index contributed by atoms with van der Waals surface area (Å²) in [5.41, 5.74) is 9.20. The van der Waals surface area contributed by atoms with E-state index in [0.29, 0.717) is 29.9 Å². The number of hydrogen-bond acceptors (Lipinski definition) is 5. The number of ketones is 1. The molecule has 1 aromatic heterocycles. The molecule has 2 aliphatic rings. The molecule has 0 radical (unpaired) electrons. The first kappa shape index (κ1) is 16.9. The number of nitrogens with two attached hydrogens (primary N) is 1. The number of aryl methyl sites for hydroxylation is 1. The van der Waals surface area contributed by atoms with Gasteiger partial charge in [0, 0.05) is 24.1 Å². The summed E-state index contributed by atoms with van der Waals surface area (Å²) in [5, 5.41) is 18.9. The molecule has 6 nitrogen and oxygen atoms in total. The number of H-pyrrole nitrogens is 1. The van der Waals surface area contributed by atoms with Crippen LogP contribution in [0.3, 0.4) is 0 Å². The number of ether oxygens (including phenoxy) is 1. The lowest BCUT2D eigenvalue weighted by Crippen LogP contribution is -2.33. The third kappa shape index (κ3) is 2.51. The van der Waals surface area contributed by atoms with Gasteiger partial charge in [0.05, 0.1) is 5.92 Å². The number of allylic oxidation sites excluding steroid dienone is 3. The summed E-state index contributed by atoms with van der Waals surface area (Å²) in [4.78, 5) is 15.9. The number of hydrogen-bond donors (Lipinski definition) is 2. The zero-order valence-electron chi connectivity index (χ0n) is 14.8. The Morgan fingerprint density at radius 2 is 1.92 bits per heavy atom. The number of carbonyl (C=O) groups is 1. The van der Waals surface area contributed by atoms with Gasteiger partial charge < -0.3 is 15.5 Å². The molecule has 1 aliphatic carbocycles. The van der Waals surface area contributed by atoms with Crippen LogP contribution >= 0.6 is 0 Å². The maximum absolute atomic E-state index is 12.9. The Labute approximate surface area is 146 Å². The van der Waals surface area contributed by atoms with Crippen LogP contribution in [0.5, 0.6) is 0 Å². The van der Waals surface area contributed by atoms with E-state index in [4.69, 9.17) is 10.5 Å². The van der Waals surface area contributed by atoms with Crippen LogP contribution in [0.4, 0.5) is 0 Å². The Morgan fingerprint density at radius 3 is 2.48 bits per heavy atom. The van der Waals surface area contributed by atoms with Crippen molar-refractivity contribution in [3.05, 3.63) is 45.3 Å². The molecule has 2 heterocycles. The molecule has 0 spiro atoms. The van der Waals surface area contributed by atoms with Gasteiger partial charge in [-0.1, -0.05) is 13.8 Å². The van der Waals surface area contributed by atoms with E-state index in [1.54, 1.807) is 0 Å². The molecule has 0 saturated heterocycles. The van der Waals surface area contributed by atoms with Gasteiger partial charge in [-0.2, -0.15) is 10.5 Å². The van der Waals surface area contributed by atoms with Crippen molar-refractivity contribution in [3.63, 3.8) is 0 Å². The third-order valence-electron chi connectivity index (χ3n) is 4.97. The molecule has 0 amide bonds. The Kier molecular flexibility index (Phi) is 3.73. The fraction of sp³-hybridized carbons (Fsp3) is 0.421. The highest BCUT2D eigenvalue weighted by molar-refractivity contribution is 6.00. The second-order valence-electron chi connectivity index (χ2n) is 7.48. The molecule has 0 aromatic carbocycles. The van der Waals surface area contributed by atoms with Gasteiger partial charge in [0.1, 0.15) is 29.2 Å². The predicted molar refractivity (Wildman–Crippen MR) is 90.7 cm³/mol. The van der Waals surface area contributed by atoms with Gasteiger partial charge in [0.15, 0.2) is 5.78 Å². The molecule has 0 saturated carbocycles. The number of Topliss-reactive ketones (excluding diaryl/α,β-unsaturated/α-hetero) is 1. The van der Waals surface area contributed by atoms with E-state index in [2.05, 4.69) is 17.1 Å². The summed E-state index contributed by atoms with van der Waals surface area (Å²) < 4.78 is 5.68. The molecule has 6 heteroatoms. The zero-order chi connectivity index (χ0) is 18.5. The van der Waals surface area contributed by atoms with Crippen molar-refractivity contribution in [2.24, 2.45) is 11.1 Å². The van der Waals surface area contributed by atoms with Crippen molar-refractivity contribution in [2.75, 3.05) is 0 Å². The van der Waals surface area contributed by atoms with Gasteiger partial charge in [-0.3, -0.25) is 4.79 Å². The van der Waals surface area contributed by atoms with E-state index in [1.807, 2.05) is 27.7 Å². The summed E-state index contributed by atoms with van der Waals surface area (Å²) in [6, 6.07) is 4.22. The molecule has 3 N–H and O–H groups in total. The highest BCUT2D eigenvalue weighted by Crippen LogP contribution is 2.49. The SMILES string of the molecule is Cc1[nH]c(C#N)c(C)c1[C@H]1C(C#N)=C(N)OC2=C1C(=O)CC(C)(C)C2. The summed E-state index contributed by atoms with van der Waals surface area (Å²) in [7, 11) is 0. The number of nitrogens with one attached hydrogen (secondary N) is 1. The van der Waals surface area contributed by atoms with Crippen molar-refractivity contribution in [1.82, 2.24) is 4.98 Å². The van der Waals surface area contributed by atoms with E-state index < -0.39 is 5.92 Å². The molecule has 0 bridgehead atoms. The molecule has 25 heavy (non-hydrogen) atoms. The van der Waals surface area contributed by atoms with Gasteiger partial charge >= 0.3 is 0 Å². The Bertz CT molecular complexity index is 932. The molecular formula is C19H20N4O2. The van der Waals surface area contributed by atoms with Crippen LogP contribution in [-0.2, 0) is 9.53 Å². The van der Waals surface area contributed by atoms with Crippen LogP contribution in [0.25, 0.3) is 0 Å². The number of carbonyl (C=O) groups excluding carboxylic acids is 1. The second kappa shape index (κ2) is 5.53. The standard InChI is InChI=1S/C19H20N4O2/c1-9-12(8-21)23-10(2)15(9)16-11(7-20)18(22)25-14-6-19(3,4)5-13(24)17(14)16/h16,23H,5-6,22H2,1-4H3/t16-/m1/s1. The largest absolute Gasteiger partial charge is 0.444 e. The van der Waals surface area contributed by atoms with Crippen LogP contribution in [0.1, 0.15) is 55.1 Å². The number of nitriles is 2. The third-order valence-corrected chi connectivity index (χ3v) is 4.97. The summed E-state index contributed by atoms with van der Waals surface area (Å²) in [6.07, 6.45) is 0.968. The molecule has 1 aromatic rings. The fourth-order valence-electron chi connectivity index (χ4n) is 3.88. The average molecular weight is 336 g/mol. The van der Waals surface area contributed by atoms with Crippen molar-refractivity contribution in [2.45, 2.75) is 46.5 Å². The smallest absolute Gasteiger partial charge is 0.205 e. The molecular weight excluding hydrogens is 316 g/mol. The first-order chi connectivity index (χ1) is 11.7. The quantitative estimate of drug-likeness (QED) is 0.818. The van der Waals surface area contributed by atoms with Gasteiger partial charge in [-0.15, -0.1) is 0 Å². The molecule has 0 fully saturated rings. The highest BCUT2D eigenvalue weighted by atomic mass is 16.5. The van der Waals surface area contributed by atoms with Crippen molar-refractivity contribution >= 4 is 5.78 Å². The van der Waals surface area contributed by atoms with E-state index in [9.17, 15) is 15.3 Å². The molecule has 1 aliphatic heterocycles. The molecule has 0 unspecified atom stereocenters. The summed E-state index contributed by atoms with van der Waals surface area (Å²) >= 11 is 0. The molecule has 1 atom stereocenters. The van der Waals surface area contributed by atoms with Gasteiger partial charge in [-0.25, -0.2) is 0 Å². The highest BCUT2D eigenvalue weighted by Gasteiger charge is 2.44.